The molecule has 1 heterocycles. The lowest BCUT2D eigenvalue weighted by molar-refractivity contribution is 0.0600. The zero-order chi connectivity index (χ0) is 23.0. The van der Waals surface area contributed by atoms with E-state index < -0.39 is 0 Å². The van der Waals surface area contributed by atoms with Crippen LogP contribution in [-0.4, -0.2) is 34.9 Å². The largest absolute Gasteiger partial charge is 0.489 e. The zero-order valence-electron chi connectivity index (χ0n) is 18.4. The molecule has 3 aromatic carbocycles. The van der Waals surface area contributed by atoms with E-state index >= 15 is 0 Å². The second-order valence-electron chi connectivity index (χ2n) is 7.31. The molecule has 0 amide bonds. The normalized spacial score (nSPS) is 10.6. The number of anilines is 1. The number of aromatic nitrogens is 3. The smallest absolute Gasteiger partial charge is 0.337 e. The molecular formula is C25H24N4O3S. The van der Waals surface area contributed by atoms with Gasteiger partial charge in [-0.3, -0.25) is 0 Å². The van der Waals surface area contributed by atoms with Gasteiger partial charge in [0.05, 0.1) is 19.2 Å². The van der Waals surface area contributed by atoms with Crippen molar-refractivity contribution >= 4 is 23.6 Å². The van der Waals surface area contributed by atoms with E-state index in [9.17, 15) is 4.79 Å². The highest BCUT2D eigenvalue weighted by molar-refractivity contribution is 8.00. The molecule has 4 rings (SSSR count). The first-order chi connectivity index (χ1) is 16.1. The highest BCUT2D eigenvalue weighted by atomic mass is 32.2. The summed E-state index contributed by atoms with van der Waals surface area (Å²) in [5.74, 6) is 0.434. The number of ether oxygens (including phenoxy) is 2. The predicted octanol–water partition coefficient (Wildman–Crippen LogP) is 4.84. The maximum Gasteiger partial charge on any atom is 0.337 e. The van der Waals surface area contributed by atoms with Gasteiger partial charge in [-0.1, -0.05) is 30.3 Å². The number of rotatable bonds is 9. The first-order valence-electron chi connectivity index (χ1n) is 10.3. The quantitative estimate of drug-likeness (QED) is 0.262. The van der Waals surface area contributed by atoms with E-state index in [0.29, 0.717) is 18.7 Å². The number of nitrogens with zero attached hydrogens (tertiary/aromatic N) is 4. The summed E-state index contributed by atoms with van der Waals surface area (Å²) in [4.78, 5) is 17.2. The van der Waals surface area contributed by atoms with Gasteiger partial charge >= 0.3 is 5.97 Å². The number of carbonyl (C=O) groups excluding carboxylic acids is 1. The molecule has 0 aliphatic carbocycles. The summed E-state index contributed by atoms with van der Waals surface area (Å²) in [6.45, 7) is 1.03. The van der Waals surface area contributed by atoms with Crippen LogP contribution in [0.2, 0.25) is 0 Å². The molecule has 168 valence electrons. The van der Waals surface area contributed by atoms with E-state index in [0.717, 1.165) is 27.5 Å². The van der Waals surface area contributed by atoms with E-state index in [-0.39, 0.29) is 5.97 Å². The molecule has 0 N–H and O–H groups in total. The average Bonchev–Trinajstić information content (AvgIpc) is 3.36. The number of carbonyl (C=O) groups is 1. The highest BCUT2D eigenvalue weighted by Gasteiger charge is 2.13. The molecule has 0 spiro atoms. The van der Waals surface area contributed by atoms with Crippen molar-refractivity contribution < 1.29 is 14.3 Å². The van der Waals surface area contributed by atoms with Crippen molar-refractivity contribution in [3.05, 3.63) is 102 Å². The fraction of sp³-hybridized carbons (Fsp3) is 0.160. The van der Waals surface area contributed by atoms with Gasteiger partial charge in [0.2, 0.25) is 0 Å². The predicted molar refractivity (Wildman–Crippen MR) is 128 cm³/mol. The van der Waals surface area contributed by atoms with Crippen LogP contribution in [0.3, 0.4) is 0 Å². The lowest BCUT2D eigenvalue weighted by Crippen LogP contribution is -2.11. The summed E-state index contributed by atoms with van der Waals surface area (Å²) >= 11 is 1.56. The molecule has 0 fully saturated rings. The van der Waals surface area contributed by atoms with Crippen LogP contribution in [0.5, 0.6) is 5.75 Å². The first kappa shape index (κ1) is 22.4. The summed E-state index contributed by atoms with van der Waals surface area (Å²) in [6, 6.07) is 23.7. The maximum absolute atomic E-state index is 12.2. The number of methoxy groups -OCH3 is 1. The molecule has 0 saturated carbocycles. The van der Waals surface area contributed by atoms with Crippen LogP contribution in [0.1, 0.15) is 21.5 Å². The van der Waals surface area contributed by atoms with Crippen molar-refractivity contribution in [2.24, 2.45) is 0 Å². The van der Waals surface area contributed by atoms with Crippen molar-refractivity contribution in [3.8, 4) is 5.75 Å². The van der Waals surface area contributed by atoms with E-state index in [1.54, 1.807) is 23.0 Å². The second kappa shape index (κ2) is 10.7. The van der Waals surface area contributed by atoms with Gasteiger partial charge in [0, 0.05) is 17.6 Å². The minimum atomic E-state index is -0.380. The molecule has 0 atom stereocenters. The van der Waals surface area contributed by atoms with Crippen LogP contribution in [0.25, 0.3) is 0 Å². The monoisotopic (exact) mass is 460 g/mol. The number of hydrogen-bond acceptors (Lipinski definition) is 7. The molecule has 4 aromatic rings. The Bertz CT molecular complexity index is 1180. The van der Waals surface area contributed by atoms with E-state index in [1.165, 1.54) is 13.4 Å². The topological polar surface area (TPSA) is 69.5 Å². The minimum absolute atomic E-state index is 0.380. The Morgan fingerprint density at radius 3 is 2.52 bits per heavy atom. The van der Waals surface area contributed by atoms with Gasteiger partial charge in [-0.15, -0.1) is 0 Å². The third-order valence-corrected chi connectivity index (χ3v) is 5.86. The molecule has 0 aliphatic rings. The van der Waals surface area contributed by atoms with E-state index in [2.05, 4.69) is 10.1 Å². The second-order valence-corrected chi connectivity index (χ2v) is 8.51. The molecule has 8 heteroatoms. The highest BCUT2D eigenvalue weighted by Crippen LogP contribution is 2.30. The maximum atomic E-state index is 12.2. The molecule has 0 saturated heterocycles. The first-order valence-corrected chi connectivity index (χ1v) is 11.1. The van der Waals surface area contributed by atoms with Gasteiger partial charge in [-0.25, -0.2) is 14.5 Å². The Morgan fingerprint density at radius 2 is 1.82 bits per heavy atom. The van der Waals surface area contributed by atoms with Crippen LogP contribution >= 0.6 is 11.9 Å². The molecule has 33 heavy (non-hydrogen) atoms. The number of hydrogen-bond donors (Lipinski definition) is 0. The van der Waals surface area contributed by atoms with Gasteiger partial charge < -0.3 is 13.8 Å². The van der Waals surface area contributed by atoms with E-state index in [4.69, 9.17) is 9.47 Å². The Balaban J connectivity index is 1.45. The third kappa shape index (κ3) is 6.14. The average molecular weight is 461 g/mol. The van der Waals surface area contributed by atoms with Gasteiger partial charge in [0.15, 0.2) is 0 Å². The fourth-order valence-corrected chi connectivity index (χ4v) is 4.02. The minimum Gasteiger partial charge on any atom is -0.489 e. The zero-order valence-corrected chi connectivity index (χ0v) is 19.2. The Labute approximate surface area is 197 Å². The van der Waals surface area contributed by atoms with Crippen molar-refractivity contribution in [2.75, 3.05) is 18.5 Å². The fourth-order valence-electron chi connectivity index (χ4n) is 3.23. The molecule has 0 radical (unpaired) electrons. The molecule has 1 aromatic heterocycles. The van der Waals surface area contributed by atoms with Gasteiger partial charge in [0.25, 0.3) is 0 Å². The Morgan fingerprint density at radius 1 is 1.03 bits per heavy atom. The van der Waals surface area contributed by atoms with E-state index in [1.807, 2.05) is 84.1 Å². The van der Waals surface area contributed by atoms with Crippen molar-refractivity contribution in [3.63, 3.8) is 0 Å². The molecule has 0 unspecified atom stereocenters. The molecule has 0 bridgehead atoms. The van der Waals surface area contributed by atoms with Crippen molar-refractivity contribution in [2.45, 2.75) is 18.0 Å². The number of esters is 1. The summed E-state index contributed by atoms with van der Waals surface area (Å²) in [6.07, 6.45) is 3.13. The summed E-state index contributed by atoms with van der Waals surface area (Å²) in [5.41, 5.74) is 3.42. The van der Waals surface area contributed by atoms with Crippen LogP contribution in [0.15, 0.2) is 90.3 Å². The van der Waals surface area contributed by atoms with Crippen LogP contribution in [-0.2, 0) is 17.9 Å². The Kier molecular flexibility index (Phi) is 7.26. The molecule has 7 nitrogen and oxygen atoms in total. The molecular weight excluding hydrogens is 436 g/mol. The van der Waals surface area contributed by atoms with Crippen molar-refractivity contribution in [1.82, 2.24) is 14.8 Å². The molecule has 0 aliphatic heterocycles. The Hall–Kier alpha value is -3.78. The third-order valence-electron chi connectivity index (χ3n) is 4.89. The van der Waals surface area contributed by atoms with Crippen LogP contribution < -0.4 is 9.04 Å². The van der Waals surface area contributed by atoms with Gasteiger partial charge in [0.1, 0.15) is 25.0 Å². The standard InChI is InChI=1S/C25H24N4O3S/c1-28(33-24-10-8-23(9-11-24)32-16-19-6-4-3-5-7-19)22-13-20(15-29-18-26-17-27-29)12-21(14-22)25(30)31-2/h3-14,17-18H,15-16H2,1-2H3. The van der Waals surface area contributed by atoms with Gasteiger partial charge in [-0.05, 0) is 65.5 Å². The van der Waals surface area contributed by atoms with Crippen LogP contribution in [0, 0.1) is 0 Å². The summed E-state index contributed by atoms with van der Waals surface area (Å²) < 4.78 is 14.5. The summed E-state index contributed by atoms with van der Waals surface area (Å²) in [7, 11) is 3.34. The lowest BCUT2D eigenvalue weighted by atomic mass is 10.1. The number of benzene rings is 3. The van der Waals surface area contributed by atoms with Crippen LogP contribution in [0.4, 0.5) is 5.69 Å². The lowest BCUT2D eigenvalue weighted by Gasteiger charge is -2.20. The summed E-state index contributed by atoms with van der Waals surface area (Å²) in [5, 5.41) is 4.15. The van der Waals surface area contributed by atoms with Gasteiger partial charge in [-0.2, -0.15) is 5.10 Å². The van der Waals surface area contributed by atoms with Crippen molar-refractivity contribution in [1.29, 1.82) is 0 Å². The SMILES string of the molecule is COC(=O)c1cc(Cn2cncn2)cc(N(C)Sc2ccc(OCc3ccccc3)cc2)c1.